The Morgan fingerprint density at radius 3 is 1.77 bits per heavy atom. The van der Waals surface area contributed by atoms with Crippen LogP contribution in [0, 0.1) is 6.92 Å². The van der Waals surface area contributed by atoms with E-state index in [0.717, 1.165) is 17.2 Å². The zero-order valence-corrected chi connectivity index (χ0v) is 23.8. The zero-order valence-electron chi connectivity index (χ0n) is 17.8. The summed E-state index contributed by atoms with van der Waals surface area (Å²) in [5.41, 5.74) is 1.65. The van der Waals surface area contributed by atoms with E-state index in [1.54, 1.807) is 0 Å². The summed E-state index contributed by atoms with van der Waals surface area (Å²) in [6.45, 7) is 2.82. The average Bonchev–Trinajstić information content (AvgIpc) is 2.61. The minimum atomic E-state index is -1.61. The zero-order chi connectivity index (χ0) is 20.0. The van der Waals surface area contributed by atoms with Crippen LogP contribution >= 0.6 is 0 Å². The van der Waals surface area contributed by atoms with Crippen molar-refractivity contribution < 1.29 is 118 Å². The van der Waals surface area contributed by atoms with Crippen LogP contribution in [0.25, 0.3) is 0 Å². The Morgan fingerprint density at radius 1 is 0.767 bits per heavy atom. The van der Waals surface area contributed by atoms with E-state index in [4.69, 9.17) is 0 Å². The van der Waals surface area contributed by atoms with E-state index in [0.29, 0.717) is 12.1 Å². The SMILES string of the molecule is Cc1ccc(CN(CCC(=O)[O-])Cc2ccc(C(=O)[O-])c(C(=O)[O-])c2)cc1.[Na+].[Na+].[Na+]. The number of rotatable bonds is 9. The van der Waals surface area contributed by atoms with Gasteiger partial charge in [0, 0.05) is 36.7 Å². The van der Waals surface area contributed by atoms with Crippen LogP contribution in [0.15, 0.2) is 42.5 Å². The molecular formula is C20H18NNa3O6. The molecule has 0 saturated heterocycles. The quantitative estimate of drug-likeness (QED) is 0.357. The molecule has 0 unspecified atom stereocenters. The molecule has 0 spiro atoms. The first kappa shape index (κ1) is 32.0. The van der Waals surface area contributed by atoms with Gasteiger partial charge in [0.1, 0.15) is 0 Å². The summed E-state index contributed by atoms with van der Waals surface area (Å²) in [5, 5.41) is 33.0. The summed E-state index contributed by atoms with van der Waals surface area (Å²) in [5.74, 6) is -4.41. The number of hydrogen-bond donors (Lipinski definition) is 0. The van der Waals surface area contributed by atoms with Gasteiger partial charge in [-0.2, -0.15) is 0 Å². The van der Waals surface area contributed by atoms with Crippen LogP contribution in [0.1, 0.15) is 43.8 Å². The average molecular weight is 437 g/mol. The summed E-state index contributed by atoms with van der Waals surface area (Å²) in [7, 11) is 0. The molecule has 0 saturated carbocycles. The molecule has 2 aromatic carbocycles. The number of aliphatic carboxylic acids is 1. The van der Waals surface area contributed by atoms with E-state index < -0.39 is 29.0 Å². The predicted octanol–water partition coefficient (Wildman–Crippen LogP) is -10.1. The molecule has 0 aliphatic rings. The van der Waals surface area contributed by atoms with E-state index in [-0.39, 0.29) is 108 Å². The Kier molecular flexibility index (Phi) is 16.6. The smallest absolute Gasteiger partial charge is 0.550 e. The summed E-state index contributed by atoms with van der Waals surface area (Å²) < 4.78 is 0. The van der Waals surface area contributed by atoms with Crippen LogP contribution in [0.5, 0.6) is 0 Å². The maximum absolute atomic E-state index is 11.2. The van der Waals surface area contributed by atoms with Crippen LogP contribution in [0.3, 0.4) is 0 Å². The van der Waals surface area contributed by atoms with Crippen molar-refractivity contribution in [3.05, 3.63) is 70.3 Å². The molecule has 2 aromatic rings. The van der Waals surface area contributed by atoms with Crippen molar-refractivity contribution in [2.24, 2.45) is 0 Å². The van der Waals surface area contributed by atoms with Crippen molar-refractivity contribution in [3.8, 4) is 0 Å². The molecule has 0 aliphatic heterocycles. The van der Waals surface area contributed by atoms with Crippen LogP contribution in [-0.2, 0) is 17.9 Å². The molecule has 10 heteroatoms. The fourth-order valence-electron chi connectivity index (χ4n) is 2.71. The van der Waals surface area contributed by atoms with E-state index in [1.165, 1.54) is 12.1 Å². The van der Waals surface area contributed by atoms with Gasteiger partial charge in [-0.3, -0.25) is 4.90 Å². The second-order valence-electron chi connectivity index (χ2n) is 6.27. The van der Waals surface area contributed by atoms with E-state index in [1.807, 2.05) is 36.1 Å². The van der Waals surface area contributed by atoms with Crippen LogP contribution in [0.4, 0.5) is 0 Å². The summed E-state index contributed by atoms with van der Waals surface area (Å²) in [6.07, 6.45) is -0.184. The van der Waals surface area contributed by atoms with Crippen molar-refractivity contribution >= 4 is 17.9 Å². The molecule has 0 radical (unpaired) electrons. The van der Waals surface area contributed by atoms with E-state index in [9.17, 15) is 29.7 Å². The van der Waals surface area contributed by atoms with Crippen molar-refractivity contribution in [3.63, 3.8) is 0 Å². The van der Waals surface area contributed by atoms with Gasteiger partial charge in [-0.05, 0) is 30.5 Å². The summed E-state index contributed by atoms with van der Waals surface area (Å²) >= 11 is 0. The van der Waals surface area contributed by atoms with Gasteiger partial charge in [-0.25, -0.2) is 0 Å². The number of benzene rings is 2. The van der Waals surface area contributed by atoms with Crippen molar-refractivity contribution in [2.75, 3.05) is 6.54 Å². The molecule has 0 fully saturated rings. The molecule has 0 heterocycles. The first-order valence-corrected chi connectivity index (χ1v) is 8.29. The molecule has 2 rings (SSSR count). The maximum atomic E-state index is 11.2. The number of carbonyl (C=O) groups excluding carboxylic acids is 3. The minimum absolute atomic E-state index is 0. The molecule has 0 aromatic heterocycles. The summed E-state index contributed by atoms with van der Waals surface area (Å²) in [6, 6.07) is 11.6. The van der Waals surface area contributed by atoms with Gasteiger partial charge in [0.2, 0.25) is 0 Å². The molecule has 142 valence electrons. The van der Waals surface area contributed by atoms with Crippen molar-refractivity contribution in [1.29, 1.82) is 0 Å². The number of hydrogen-bond acceptors (Lipinski definition) is 7. The van der Waals surface area contributed by atoms with Crippen molar-refractivity contribution in [1.82, 2.24) is 4.90 Å². The van der Waals surface area contributed by atoms with Gasteiger partial charge in [0.25, 0.3) is 0 Å². The molecule has 0 aliphatic carbocycles. The standard InChI is InChI=1S/C20H21NO6.3Na/c1-13-2-4-14(5-3-13)11-21(9-8-18(22)23)12-15-6-7-16(19(24)25)17(10-15)20(26)27;;;/h2-7,10H,8-9,11-12H2,1H3,(H,22,23)(H,24,25)(H,26,27);;;/q;3*+1/p-3. The molecule has 0 amide bonds. The largest absolute Gasteiger partial charge is 1.00 e. The van der Waals surface area contributed by atoms with Gasteiger partial charge < -0.3 is 29.7 Å². The number of aryl methyl sites for hydroxylation is 1. The van der Waals surface area contributed by atoms with Crippen molar-refractivity contribution in [2.45, 2.75) is 26.4 Å². The number of nitrogens with zero attached hydrogens (tertiary/aromatic N) is 1. The third-order valence-electron chi connectivity index (χ3n) is 4.09. The summed E-state index contributed by atoms with van der Waals surface area (Å²) in [4.78, 5) is 34.9. The third kappa shape index (κ3) is 10.4. The molecular weight excluding hydrogens is 419 g/mol. The third-order valence-corrected chi connectivity index (χ3v) is 4.09. The molecule has 0 N–H and O–H groups in total. The van der Waals surface area contributed by atoms with Gasteiger partial charge in [0.05, 0.1) is 11.9 Å². The van der Waals surface area contributed by atoms with Crippen LogP contribution in [0.2, 0.25) is 0 Å². The van der Waals surface area contributed by atoms with Gasteiger partial charge in [0.15, 0.2) is 0 Å². The molecule has 0 atom stereocenters. The second kappa shape index (κ2) is 15.6. The van der Waals surface area contributed by atoms with Crippen LogP contribution < -0.4 is 104 Å². The molecule has 30 heavy (non-hydrogen) atoms. The van der Waals surface area contributed by atoms with Gasteiger partial charge in [-0.1, -0.05) is 42.0 Å². The van der Waals surface area contributed by atoms with Gasteiger partial charge in [-0.15, -0.1) is 0 Å². The fraction of sp³-hybridized carbons (Fsp3) is 0.250. The first-order valence-electron chi connectivity index (χ1n) is 8.29. The number of carboxylic acid groups (broad SMARTS) is 3. The Labute approximate surface area is 241 Å². The van der Waals surface area contributed by atoms with Gasteiger partial charge >= 0.3 is 88.7 Å². The Morgan fingerprint density at radius 2 is 1.27 bits per heavy atom. The molecule has 0 bridgehead atoms. The maximum Gasteiger partial charge on any atom is 1.00 e. The monoisotopic (exact) mass is 437 g/mol. The Hall–Kier alpha value is -0.190. The van der Waals surface area contributed by atoms with Crippen LogP contribution in [-0.4, -0.2) is 29.4 Å². The number of carboxylic acids is 3. The second-order valence-corrected chi connectivity index (χ2v) is 6.27. The minimum Gasteiger partial charge on any atom is -0.550 e. The Balaban J connectivity index is 0. The first-order chi connectivity index (χ1) is 12.8. The van der Waals surface area contributed by atoms with E-state index >= 15 is 0 Å². The Bertz CT molecular complexity index is 858. The van der Waals surface area contributed by atoms with E-state index in [2.05, 4.69) is 0 Å². The fourth-order valence-corrected chi connectivity index (χ4v) is 2.71. The number of carbonyl (C=O) groups is 3. The molecule has 7 nitrogen and oxygen atoms in total. The number of aromatic carboxylic acids is 2. The topological polar surface area (TPSA) is 124 Å². The predicted molar refractivity (Wildman–Crippen MR) is 90.0 cm³/mol. The normalized spacial score (nSPS) is 9.67.